The first kappa shape index (κ1) is 15.0. The van der Waals surface area contributed by atoms with Crippen molar-refractivity contribution in [2.24, 2.45) is 5.73 Å². The second kappa shape index (κ2) is 6.04. The van der Waals surface area contributed by atoms with E-state index in [2.05, 4.69) is 18.0 Å². The average Bonchev–Trinajstić information content (AvgIpc) is 3.01. The van der Waals surface area contributed by atoms with E-state index >= 15 is 0 Å². The van der Waals surface area contributed by atoms with Crippen molar-refractivity contribution in [3.05, 3.63) is 21.4 Å². The van der Waals surface area contributed by atoms with E-state index < -0.39 is 0 Å². The number of likely N-dealkylation sites (N-methyl/N-ethyl adjacent to an activating group) is 1. The molecule has 0 saturated carbocycles. The summed E-state index contributed by atoms with van der Waals surface area (Å²) < 4.78 is 0. The molecule has 2 aliphatic rings. The molecule has 0 spiro atoms. The number of thiophene rings is 1. The van der Waals surface area contributed by atoms with E-state index in [-0.39, 0.29) is 24.6 Å². The third-order valence-corrected chi connectivity index (χ3v) is 5.73. The van der Waals surface area contributed by atoms with Crippen molar-refractivity contribution in [1.29, 1.82) is 0 Å². The summed E-state index contributed by atoms with van der Waals surface area (Å²) in [6, 6.07) is 1.91. The molecule has 2 unspecified atom stereocenters. The van der Waals surface area contributed by atoms with Gasteiger partial charge in [-0.3, -0.25) is 4.79 Å². The number of carbonyl (C=O) groups is 1. The highest BCUT2D eigenvalue weighted by Crippen LogP contribution is 2.29. The number of hydrogen-bond acceptors (Lipinski definition) is 5. The Balaban J connectivity index is 1.78. The van der Waals surface area contributed by atoms with Gasteiger partial charge in [0.2, 0.25) is 0 Å². The number of aliphatic hydroxyl groups excluding tert-OH is 1. The fraction of sp³-hybridized carbons (Fsp3) is 0.667. The molecule has 5 nitrogen and oxygen atoms in total. The van der Waals surface area contributed by atoms with E-state index in [1.54, 1.807) is 16.2 Å². The Bertz CT molecular complexity index is 505. The average molecular weight is 309 g/mol. The standard InChI is InChI=1S/C15H23N3O2S/c1-17-4-2-10-6-14(21-13(10)3-5-17)15(20)18-8-11(16)7-12(18)9-19/h6,11-12,19H,2-5,7-9,16H2,1H3. The van der Waals surface area contributed by atoms with Crippen molar-refractivity contribution in [3.8, 4) is 0 Å². The molecule has 1 fully saturated rings. The van der Waals surface area contributed by atoms with E-state index in [0.717, 1.165) is 30.8 Å². The van der Waals surface area contributed by atoms with Crippen LogP contribution in [-0.2, 0) is 12.8 Å². The van der Waals surface area contributed by atoms with Crippen LogP contribution in [0.2, 0.25) is 0 Å². The molecule has 21 heavy (non-hydrogen) atoms. The number of likely N-dealkylation sites (tertiary alicyclic amines) is 1. The number of aliphatic hydroxyl groups is 1. The zero-order valence-corrected chi connectivity index (χ0v) is 13.2. The number of hydrogen-bond donors (Lipinski definition) is 2. The second-order valence-electron chi connectivity index (χ2n) is 6.15. The molecule has 1 aromatic rings. The van der Waals surface area contributed by atoms with Crippen LogP contribution >= 0.6 is 11.3 Å². The molecule has 0 aromatic carbocycles. The summed E-state index contributed by atoms with van der Waals surface area (Å²) in [6.45, 7) is 2.64. The summed E-state index contributed by atoms with van der Waals surface area (Å²) in [4.78, 5) is 18.9. The van der Waals surface area contributed by atoms with E-state index in [4.69, 9.17) is 5.73 Å². The Morgan fingerprint density at radius 3 is 3.00 bits per heavy atom. The van der Waals surface area contributed by atoms with Gasteiger partial charge in [-0.25, -0.2) is 0 Å². The first-order valence-corrected chi connectivity index (χ1v) is 8.37. The van der Waals surface area contributed by atoms with Gasteiger partial charge in [0.05, 0.1) is 17.5 Å². The number of carbonyl (C=O) groups excluding carboxylic acids is 1. The van der Waals surface area contributed by atoms with Gasteiger partial charge in [0.25, 0.3) is 5.91 Å². The van der Waals surface area contributed by atoms with E-state index in [9.17, 15) is 9.90 Å². The number of fused-ring (bicyclic) bond motifs is 1. The van der Waals surface area contributed by atoms with Gasteiger partial charge < -0.3 is 20.6 Å². The molecular weight excluding hydrogens is 286 g/mol. The summed E-state index contributed by atoms with van der Waals surface area (Å²) in [5.74, 6) is 0.0356. The molecule has 1 amide bonds. The van der Waals surface area contributed by atoms with Gasteiger partial charge in [0, 0.05) is 30.6 Å². The van der Waals surface area contributed by atoms with Crippen LogP contribution in [0.5, 0.6) is 0 Å². The van der Waals surface area contributed by atoms with Gasteiger partial charge in [-0.2, -0.15) is 0 Å². The van der Waals surface area contributed by atoms with Gasteiger partial charge in [-0.1, -0.05) is 0 Å². The summed E-state index contributed by atoms with van der Waals surface area (Å²) in [5.41, 5.74) is 7.25. The van der Waals surface area contributed by atoms with Crippen LogP contribution in [-0.4, -0.2) is 66.2 Å². The fourth-order valence-corrected chi connectivity index (χ4v) is 4.38. The lowest BCUT2D eigenvalue weighted by atomic mass is 10.1. The summed E-state index contributed by atoms with van der Waals surface area (Å²) in [7, 11) is 2.14. The molecule has 3 N–H and O–H groups in total. The largest absolute Gasteiger partial charge is 0.394 e. The highest BCUT2D eigenvalue weighted by Gasteiger charge is 2.34. The van der Waals surface area contributed by atoms with Gasteiger partial charge in [-0.15, -0.1) is 11.3 Å². The van der Waals surface area contributed by atoms with Crippen molar-refractivity contribution in [1.82, 2.24) is 9.80 Å². The number of nitrogens with zero attached hydrogens (tertiary/aromatic N) is 2. The summed E-state index contributed by atoms with van der Waals surface area (Å²) in [6.07, 6.45) is 2.73. The van der Waals surface area contributed by atoms with Crippen molar-refractivity contribution >= 4 is 17.2 Å². The zero-order valence-electron chi connectivity index (χ0n) is 12.4. The predicted octanol–water partition coefficient (Wildman–Crippen LogP) is 0.313. The summed E-state index contributed by atoms with van der Waals surface area (Å²) in [5, 5.41) is 9.43. The van der Waals surface area contributed by atoms with Crippen LogP contribution in [0.25, 0.3) is 0 Å². The van der Waals surface area contributed by atoms with Gasteiger partial charge in [-0.05, 0) is 37.9 Å². The first-order valence-electron chi connectivity index (χ1n) is 7.56. The molecular formula is C15H23N3O2S. The Labute approximate surface area is 129 Å². The van der Waals surface area contributed by atoms with E-state index in [1.807, 2.05) is 0 Å². The maximum Gasteiger partial charge on any atom is 0.264 e. The van der Waals surface area contributed by atoms with Crippen LogP contribution in [0.4, 0.5) is 0 Å². The lowest BCUT2D eigenvalue weighted by molar-refractivity contribution is 0.0681. The molecule has 3 rings (SSSR count). The third kappa shape index (κ3) is 2.99. The maximum atomic E-state index is 12.7. The van der Waals surface area contributed by atoms with Crippen LogP contribution < -0.4 is 5.73 Å². The van der Waals surface area contributed by atoms with Crippen molar-refractivity contribution < 1.29 is 9.90 Å². The number of rotatable bonds is 2. The van der Waals surface area contributed by atoms with Gasteiger partial charge >= 0.3 is 0 Å². The molecule has 3 heterocycles. The SMILES string of the molecule is CN1CCc2cc(C(=O)N3CC(N)CC3CO)sc2CC1. The molecule has 6 heteroatoms. The normalized spacial score (nSPS) is 26.7. The highest BCUT2D eigenvalue weighted by atomic mass is 32.1. The van der Waals surface area contributed by atoms with Crippen LogP contribution in [0, 0.1) is 0 Å². The monoisotopic (exact) mass is 309 g/mol. The molecule has 2 atom stereocenters. The number of amides is 1. The summed E-state index contributed by atoms with van der Waals surface area (Å²) >= 11 is 1.62. The van der Waals surface area contributed by atoms with Gasteiger partial charge in [0.1, 0.15) is 0 Å². The van der Waals surface area contributed by atoms with Crippen LogP contribution in [0.1, 0.15) is 26.5 Å². The Hall–Kier alpha value is -0.950. The molecule has 0 bridgehead atoms. The highest BCUT2D eigenvalue weighted by molar-refractivity contribution is 7.14. The first-order chi connectivity index (χ1) is 10.1. The van der Waals surface area contributed by atoms with Crippen molar-refractivity contribution in [3.63, 3.8) is 0 Å². The fourth-order valence-electron chi connectivity index (χ4n) is 3.23. The molecule has 1 saturated heterocycles. The topological polar surface area (TPSA) is 69.8 Å². The molecule has 0 aliphatic carbocycles. The minimum atomic E-state index is -0.125. The second-order valence-corrected chi connectivity index (χ2v) is 7.29. The Kier molecular flexibility index (Phi) is 4.31. The Morgan fingerprint density at radius 2 is 2.24 bits per heavy atom. The Morgan fingerprint density at radius 1 is 1.48 bits per heavy atom. The number of nitrogens with two attached hydrogens (primary N) is 1. The third-order valence-electron chi connectivity index (χ3n) is 4.51. The quantitative estimate of drug-likeness (QED) is 0.825. The minimum absolute atomic E-state index is 0.00464. The van der Waals surface area contributed by atoms with E-state index in [0.29, 0.717) is 13.0 Å². The van der Waals surface area contributed by atoms with Gasteiger partial charge in [0.15, 0.2) is 0 Å². The predicted molar refractivity (Wildman–Crippen MR) is 83.7 cm³/mol. The molecule has 2 aliphatic heterocycles. The van der Waals surface area contributed by atoms with Crippen molar-refractivity contribution in [2.45, 2.75) is 31.3 Å². The lowest BCUT2D eigenvalue weighted by Gasteiger charge is -2.22. The van der Waals surface area contributed by atoms with Crippen LogP contribution in [0.3, 0.4) is 0 Å². The molecule has 0 radical (unpaired) electrons. The molecule has 1 aromatic heterocycles. The maximum absolute atomic E-state index is 12.7. The van der Waals surface area contributed by atoms with Crippen molar-refractivity contribution in [2.75, 3.05) is 33.3 Å². The van der Waals surface area contributed by atoms with E-state index in [1.165, 1.54) is 10.4 Å². The minimum Gasteiger partial charge on any atom is -0.394 e. The van der Waals surface area contributed by atoms with Crippen LogP contribution in [0.15, 0.2) is 6.07 Å². The zero-order chi connectivity index (χ0) is 15.0. The molecule has 116 valence electrons. The lowest BCUT2D eigenvalue weighted by Crippen LogP contribution is -2.38. The smallest absolute Gasteiger partial charge is 0.264 e.